The molecule has 0 unspecified atom stereocenters. The largest absolute Gasteiger partial charge is 0.493 e. The molecule has 0 spiro atoms. The Morgan fingerprint density at radius 2 is 1.73 bits per heavy atom. The van der Waals surface area contributed by atoms with Gasteiger partial charge in [-0.25, -0.2) is 0 Å². The van der Waals surface area contributed by atoms with E-state index in [-0.39, 0.29) is 30.2 Å². The average molecular weight is 470 g/mol. The zero-order chi connectivity index (χ0) is 23.5. The minimum Gasteiger partial charge on any atom is -0.493 e. The molecular weight excluding hydrogens is 446 g/mol. The van der Waals surface area contributed by atoms with Crippen molar-refractivity contribution in [1.29, 1.82) is 0 Å². The number of benzene rings is 2. The molecule has 1 saturated heterocycles. The molecular formula is C23H23N3O6S. The standard InChI is InChI=1S/C23H23N3O6S/c1-30-10-9-25-16-12-17(31-2)18(32-3)13-19(16)33-23(25)24-22(29)14-5-4-6-15(11-14)26-20(27)7-8-21(26)28/h4-6,11-13H,7-10H2,1-3H3. The minimum absolute atomic E-state index is 0.176. The second-order valence-corrected chi connectivity index (χ2v) is 8.30. The van der Waals surface area contributed by atoms with Gasteiger partial charge in [0, 0.05) is 44.2 Å². The highest BCUT2D eigenvalue weighted by molar-refractivity contribution is 7.16. The van der Waals surface area contributed by atoms with Gasteiger partial charge in [-0.2, -0.15) is 4.99 Å². The van der Waals surface area contributed by atoms with Crippen molar-refractivity contribution in [2.24, 2.45) is 4.99 Å². The number of thiazole rings is 1. The van der Waals surface area contributed by atoms with Crippen molar-refractivity contribution in [2.45, 2.75) is 19.4 Å². The van der Waals surface area contributed by atoms with Crippen LogP contribution < -0.4 is 19.2 Å². The van der Waals surface area contributed by atoms with Crippen molar-refractivity contribution in [2.75, 3.05) is 32.8 Å². The van der Waals surface area contributed by atoms with Gasteiger partial charge in [-0.15, -0.1) is 0 Å². The number of methoxy groups -OCH3 is 3. The van der Waals surface area contributed by atoms with E-state index in [1.807, 2.05) is 16.7 Å². The molecule has 3 amide bonds. The fourth-order valence-corrected chi connectivity index (χ4v) is 4.74. The smallest absolute Gasteiger partial charge is 0.279 e. The monoisotopic (exact) mass is 469 g/mol. The lowest BCUT2D eigenvalue weighted by atomic mass is 10.2. The number of fused-ring (bicyclic) bond motifs is 1. The van der Waals surface area contributed by atoms with E-state index in [9.17, 15) is 14.4 Å². The van der Waals surface area contributed by atoms with Gasteiger partial charge in [0.25, 0.3) is 5.91 Å². The highest BCUT2D eigenvalue weighted by Crippen LogP contribution is 2.33. The van der Waals surface area contributed by atoms with Crippen LogP contribution >= 0.6 is 11.3 Å². The lowest BCUT2D eigenvalue weighted by Gasteiger charge is -2.14. The Kier molecular flexibility index (Phi) is 6.57. The summed E-state index contributed by atoms with van der Waals surface area (Å²) < 4.78 is 18.8. The second-order valence-electron chi connectivity index (χ2n) is 7.29. The van der Waals surface area contributed by atoms with Gasteiger partial charge in [0.2, 0.25) is 11.8 Å². The van der Waals surface area contributed by atoms with Gasteiger partial charge in [-0.1, -0.05) is 17.4 Å². The van der Waals surface area contributed by atoms with Gasteiger partial charge in [-0.3, -0.25) is 19.3 Å². The number of rotatable bonds is 7. The number of imide groups is 1. The maximum absolute atomic E-state index is 13.1. The quantitative estimate of drug-likeness (QED) is 0.494. The first kappa shape index (κ1) is 22.7. The highest BCUT2D eigenvalue weighted by Gasteiger charge is 2.30. The molecule has 1 aliphatic rings. The summed E-state index contributed by atoms with van der Waals surface area (Å²) in [6.45, 7) is 0.908. The number of carbonyl (C=O) groups is 3. The fourth-order valence-electron chi connectivity index (χ4n) is 3.67. The molecule has 0 aliphatic carbocycles. The molecule has 10 heteroatoms. The summed E-state index contributed by atoms with van der Waals surface area (Å²) >= 11 is 1.34. The molecule has 1 aliphatic heterocycles. The summed E-state index contributed by atoms with van der Waals surface area (Å²) in [6, 6.07) is 10.1. The number of aromatic nitrogens is 1. The highest BCUT2D eigenvalue weighted by atomic mass is 32.1. The Bertz CT molecular complexity index is 1290. The van der Waals surface area contributed by atoms with E-state index in [4.69, 9.17) is 14.2 Å². The SMILES string of the molecule is COCCn1c(=NC(=O)c2cccc(N3C(=O)CCC3=O)c2)sc2cc(OC)c(OC)cc21. The van der Waals surface area contributed by atoms with Crippen LogP contribution in [0.4, 0.5) is 5.69 Å². The Morgan fingerprint density at radius 3 is 2.39 bits per heavy atom. The fraction of sp³-hybridized carbons (Fsp3) is 0.304. The van der Waals surface area contributed by atoms with Gasteiger partial charge in [0.1, 0.15) is 0 Å². The third kappa shape index (κ3) is 4.39. The van der Waals surface area contributed by atoms with Gasteiger partial charge in [0.15, 0.2) is 16.3 Å². The average Bonchev–Trinajstić information content (AvgIpc) is 3.34. The molecule has 3 aromatic rings. The van der Waals surface area contributed by atoms with Crippen molar-refractivity contribution >= 4 is 45.0 Å². The third-order valence-electron chi connectivity index (χ3n) is 5.31. The predicted molar refractivity (Wildman–Crippen MR) is 123 cm³/mol. The van der Waals surface area contributed by atoms with Crippen LogP contribution in [0.5, 0.6) is 11.5 Å². The molecule has 9 nitrogen and oxygen atoms in total. The minimum atomic E-state index is -0.479. The maximum atomic E-state index is 13.1. The van der Waals surface area contributed by atoms with Gasteiger partial charge in [-0.05, 0) is 18.2 Å². The van der Waals surface area contributed by atoms with E-state index < -0.39 is 5.91 Å². The van der Waals surface area contributed by atoms with Crippen molar-refractivity contribution < 1.29 is 28.6 Å². The summed E-state index contributed by atoms with van der Waals surface area (Å²) in [5.74, 6) is 0.125. The molecule has 1 fully saturated rings. The summed E-state index contributed by atoms with van der Waals surface area (Å²) in [5.41, 5.74) is 1.50. The van der Waals surface area contributed by atoms with Crippen LogP contribution in [0, 0.1) is 0 Å². The number of hydrogen-bond acceptors (Lipinski definition) is 7. The predicted octanol–water partition coefficient (Wildman–Crippen LogP) is 2.76. The van der Waals surface area contributed by atoms with E-state index in [1.54, 1.807) is 39.5 Å². The Morgan fingerprint density at radius 1 is 1.03 bits per heavy atom. The molecule has 0 atom stereocenters. The van der Waals surface area contributed by atoms with Gasteiger partial charge >= 0.3 is 0 Å². The number of nitrogens with zero attached hydrogens (tertiary/aromatic N) is 3. The Balaban J connectivity index is 1.78. The third-order valence-corrected chi connectivity index (χ3v) is 6.35. The number of anilines is 1. The first-order chi connectivity index (χ1) is 16.0. The first-order valence-electron chi connectivity index (χ1n) is 10.3. The van der Waals surface area contributed by atoms with Crippen molar-refractivity contribution in [1.82, 2.24) is 4.57 Å². The van der Waals surface area contributed by atoms with Crippen LogP contribution in [0.15, 0.2) is 41.4 Å². The van der Waals surface area contributed by atoms with Gasteiger partial charge in [0.05, 0.1) is 36.7 Å². The molecule has 0 N–H and O–H groups in total. The van der Waals surface area contributed by atoms with E-state index in [1.165, 1.54) is 17.4 Å². The molecule has 1 aromatic heterocycles. The number of ether oxygens (including phenoxy) is 3. The van der Waals surface area contributed by atoms with E-state index >= 15 is 0 Å². The molecule has 0 saturated carbocycles. The molecule has 0 radical (unpaired) electrons. The summed E-state index contributed by atoms with van der Waals surface area (Å²) in [6.07, 6.45) is 0.352. The zero-order valence-corrected chi connectivity index (χ0v) is 19.3. The Labute approximate surface area is 193 Å². The molecule has 2 heterocycles. The van der Waals surface area contributed by atoms with Crippen LogP contribution in [0.1, 0.15) is 23.2 Å². The van der Waals surface area contributed by atoms with Crippen LogP contribution in [0.25, 0.3) is 10.2 Å². The summed E-state index contributed by atoms with van der Waals surface area (Å²) in [5, 5.41) is 0. The van der Waals surface area contributed by atoms with Crippen LogP contribution in [0.2, 0.25) is 0 Å². The van der Waals surface area contributed by atoms with Crippen molar-refractivity contribution in [3.8, 4) is 11.5 Å². The topological polar surface area (TPSA) is 99.4 Å². The zero-order valence-electron chi connectivity index (χ0n) is 18.5. The van der Waals surface area contributed by atoms with Crippen molar-refractivity contribution in [3.63, 3.8) is 0 Å². The lowest BCUT2D eigenvalue weighted by molar-refractivity contribution is -0.121. The van der Waals surface area contributed by atoms with E-state index in [2.05, 4.69) is 4.99 Å². The molecule has 33 heavy (non-hydrogen) atoms. The summed E-state index contributed by atoms with van der Waals surface area (Å²) in [4.78, 5) is 43.1. The molecule has 2 aromatic carbocycles. The summed E-state index contributed by atoms with van der Waals surface area (Å²) in [7, 11) is 4.73. The van der Waals surface area contributed by atoms with Crippen LogP contribution in [0.3, 0.4) is 0 Å². The van der Waals surface area contributed by atoms with Crippen LogP contribution in [-0.2, 0) is 20.9 Å². The number of hydrogen-bond donors (Lipinski definition) is 0. The number of amides is 3. The second kappa shape index (κ2) is 9.55. The van der Waals surface area contributed by atoms with E-state index in [0.717, 1.165) is 15.1 Å². The molecule has 172 valence electrons. The van der Waals surface area contributed by atoms with E-state index in [0.29, 0.717) is 35.1 Å². The normalized spacial score (nSPS) is 14.4. The van der Waals surface area contributed by atoms with Crippen molar-refractivity contribution in [3.05, 3.63) is 46.8 Å². The van der Waals surface area contributed by atoms with Crippen LogP contribution in [-0.4, -0.2) is 50.2 Å². The molecule has 4 rings (SSSR count). The number of carbonyl (C=O) groups excluding carboxylic acids is 3. The lowest BCUT2D eigenvalue weighted by Crippen LogP contribution is -2.28. The maximum Gasteiger partial charge on any atom is 0.279 e. The first-order valence-corrected chi connectivity index (χ1v) is 11.1. The Hall–Kier alpha value is -3.50. The van der Waals surface area contributed by atoms with Gasteiger partial charge < -0.3 is 18.8 Å². The molecule has 0 bridgehead atoms.